The van der Waals surface area contributed by atoms with Gasteiger partial charge in [-0.25, -0.2) is 9.59 Å². The molecular formula is C25H40O4. The number of hydrogen-bond acceptors (Lipinski definition) is 4. The summed E-state index contributed by atoms with van der Waals surface area (Å²) in [6.07, 6.45) is 9.73. The quantitative estimate of drug-likeness (QED) is 0.367. The number of carbonyl (C=O) groups is 2. The first-order valence-corrected chi connectivity index (χ1v) is 11.5. The molecule has 2 aliphatic carbocycles. The normalized spacial score (nSPS) is 32.3. The molecule has 0 aromatic carbocycles. The van der Waals surface area contributed by atoms with Crippen LogP contribution in [0.5, 0.6) is 0 Å². The van der Waals surface area contributed by atoms with Crippen LogP contribution in [-0.2, 0) is 19.1 Å². The van der Waals surface area contributed by atoms with Crippen LogP contribution >= 0.6 is 0 Å². The minimum absolute atomic E-state index is 0.0414. The van der Waals surface area contributed by atoms with E-state index in [1.54, 1.807) is 13.8 Å². The van der Waals surface area contributed by atoms with Crippen molar-refractivity contribution in [2.24, 2.45) is 23.7 Å². The van der Waals surface area contributed by atoms with Crippen molar-refractivity contribution in [2.45, 2.75) is 97.7 Å². The van der Waals surface area contributed by atoms with E-state index in [2.05, 4.69) is 27.0 Å². The van der Waals surface area contributed by atoms with Crippen LogP contribution in [0, 0.1) is 23.7 Å². The van der Waals surface area contributed by atoms with Gasteiger partial charge in [0.1, 0.15) is 12.2 Å². The molecule has 2 rings (SSSR count). The maximum absolute atomic E-state index is 11.9. The molecule has 4 heteroatoms. The van der Waals surface area contributed by atoms with Crippen molar-refractivity contribution >= 4 is 11.9 Å². The monoisotopic (exact) mass is 404 g/mol. The molecule has 0 aliphatic heterocycles. The highest BCUT2D eigenvalue weighted by molar-refractivity contribution is 5.87. The Balaban J connectivity index is 1.90. The van der Waals surface area contributed by atoms with Crippen LogP contribution in [0.4, 0.5) is 0 Å². The van der Waals surface area contributed by atoms with E-state index in [0.717, 1.165) is 51.4 Å². The summed E-state index contributed by atoms with van der Waals surface area (Å²) in [5.41, 5.74) is 0.963. The Labute approximate surface area is 177 Å². The minimum atomic E-state index is -0.253. The largest absolute Gasteiger partial charge is 0.459 e. The second-order valence-electron chi connectivity index (χ2n) is 9.33. The number of esters is 2. The van der Waals surface area contributed by atoms with Crippen molar-refractivity contribution in [2.75, 3.05) is 0 Å². The van der Waals surface area contributed by atoms with Gasteiger partial charge in [0.05, 0.1) is 0 Å². The lowest BCUT2D eigenvalue weighted by molar-refractivity contribution is -0.147. The first kappa shape index (κ1) is 23.7. The molecule has 6 atom stereocenters. The zero-order valence-electron chi connectivity index (χ0n) is 18.9. The summed E-state index contributed by atoms with van der Waals surface area (Å²) >= 11 is 0. The molecule has 2 saturated carbocycles. The van der Waals surface area contributed by atoms with E-state index < -0.39 is 0 Å². The van der Waals surface area contributed by atoms with Gasteiger partial charge < -0.3 is 9.47 Å². The van der Waals surface area contributed by atoms with Crippen LogP contribution in [0.25, 0.3) is 0 Å². The van der Waals surface area contributed by atoms with E-state index in [1.165, 1.54) is 6.42 Å². The SMILES string of the molecule is C=C(C)C(=O)OC1CCC(CC2CCC(OC(=O)C(=C)C)CC2CC)C(CC)C1. The molecule has 0 aromatic rings. The molecule has 0 saturated heterocycles. The number of hydrogen-bond donors (Lipinski definition) is 0. The smallest absolute Gasteiger partial charge is 0.333 e. The second-order valence-corrected chi connectivity index (χ2v) is 9.33. The predicted octanol–water partition coefficient (Wildman–Crippen LogP) is 6.00. The van der Waals surface area contributed by atoms with Gasteiger partial charge in [0.15, 0.2) is 0 Å². The lowest BCUT2D eigenvalue weighted by Gasteiger charge is -2.41. The summed E-state index contributed by atoms with van der Waals surface area (Å²) in [5, 5.41) is 0. The fraction of sp³-hybridized carbons (Fsp3) is 0.760. The Hall–Kier alpha value is -1.58. The van der Waals surface area contributed by atoms with Crippen molar-refractivity contribution in [3.63, 3.8) is 0 Å². The maximum atomic E-state index is 11.9. The van der Waals surface area contributed by atoms with E-state index in [9.17, 15) is 9.59 Å². The fourth-order valence-corrected chi connectivity index (χ4v) is 5.29. The van der Waals surface area contributed by atoms with E-state index >= 15 is 0 Å². The fourth-order valence-electron chi connectivity index (χ4n) is 5.29. The van der Waals surface area contributed by atoms with E-state index in [0.29, 0.717) is 34.8 Å². The standard InChI is InChI=1S/C25H40O4/c1-7-18-14-22(28-24(26)16(3)4)11-9-20(18)13-21-10-12-23(15-19(21)8-2)29-25(27)17(5)6/h18-23H,3,5,7-15H2,1-2,4,6H3. The molecule has 0 heterocycles. The van der Waals surface area contributed by atoms with Crippen molar-refractivity contribution in [1.82, 2.24) is 0 Å². The number of rotatable bonds is 8. The predicted molar refractivity (Wildman–Crippen MR) is 116 cm³/mol. The summed E-state index contributed by atoms with van der Waals surface area (Å²) in [5.74, 6) is 2.13. The third-order valence-corrected chi connectivity index (χ3v) is 7.08. The topological polar surface area (TPSA) is 52.6 Å². The van der Waals surface area contributed by atoms with Crippen LogP contribution in [0.2, 0.25) is 0 Å². The molecule has 0 radical (unpaired) electrons. The molecule has 29 heavy (non-hydrogen) atoms. The van der Waals surface area contributed by atoms with Gasteiger partial charge in [-0.2, -0.15) is 0 Å². The van der Waals surface area contributed by atoms with Crippen molar-refractivity contribution in [3.8, 4) is 0 Å². The average Bonchev–Trinajstić information content (AvgIpc) is 2.69. The van der Waals surface area contributed by atoms with Gasteiger partial charge in [-0.15, -0.1) is 0 Å². The van der Waals surface area contributed by atoms with Gasteiger partial charge in [-0.3, -0.25) is 0 Å². The van der Waals surface area contributed by atoms with Gasteiger partial charge in [0.25, 0.3) is 0 Å². The third-order valence-electron chi connectivity index (χ3n) is 7.08. The molecule has 2 fully saturated rings. The van der Waals surface area contributed by atoms with Crippen LogP contribution in [0.15, 0.2) is 24.3 Å². The lowest BCUT2D eigenvalue weighted by Crippen LogP contribution is -2.36. The Kier molecular flexibility index (Phi) is 8.98. The summed E-state index contributed by atoms with van der Waals surface area (Å²) in [6.45, 7) is 15.3. The molecule has 0 bridgehead atoms. The highest BCUT2D eigenvalue weighted by Crippen LogP contribution is 2.43. The Bertz CT molecular complexity index is 556. The molecular weight excluding hydrogens is 364 g/mol. The van der Waals surface area contributed by atoms with Gasteiger partial charge in [-0.1, -0.05) is 39.8 Å². The Morgan fingerprint density at radius 2 is 1.10 bits per heavy atom. The average molecular weight is 405 g/mol. The molecule has 0 aromatic heterocycles. The van der Waals surface area contributed by atoms with Crippen LogP contribution in [0.3, 0.4) is 0 Å². The minimum Gasteiger partial charge on any atom is -0.459 e. The summed E-state index contributed by atoms with van der Waals surface area (Å²) in [7, 11) is 0. The summed E-state index contributed by atoms with van der Waals surface area (Å²) in [6, 6.07) is 0. The van der Waals surface area contributed by atoms with Gasteiger partial charge in [-0.05, 0) is 82.5 Å². The van der Waals surface area contributed by atoms with Crippen LogP contribution in [0.1, 0.15) is 85.5 Å². The Morgan fingerprint density at radius 1 is 0.724 bits per heavy atom. The van der Waals surface area contributed by atoms with Gasteiger partial charge in [0.2, 0.25) is 0 Å². The molecule has 0 N–H and O–H groups in total. The summed E-state index contributed by atoms with van der Waals surface area (Å²) in [4.78, 5) is 23.7. The van der Waals surface area contributed by atoms with Crippen molar-refractivity contribution in [1.29, 1.82) is 0 Å². The molecule has 164 valence electrons. The Morgan fingerprint density at radius 3 is 1.41 bits per heavy atom. The lowest BCUT2D eigenvalue weighted by atomic mass is 9.67. The molecule has 2 aliphatic rings. The third kappa shape index (κ3) is 6.72. The summed E-state index contributed by atoms with van der Waals surface area (Å²) < 4.78 is 11.3. The molecule has 0 amide bonds. The first-order valence-electron chi connectivity index (χ1n) is 11.5. The maximum Gasteiger partial charge on any atom is 0.333 e. The molecule has 0 spiro atoms. The van der Waals surface area contributed by atoms with E-state index in [1.807, 2.05) is 0 Å². The van der Waals surface area contributed by atoms with Gasteiger partial charge >= 0.3 is 11.9 Å². The number of ether oxygens (including phenoxy) is 2. The second kappa shape index (κ2) is 11.0. The van der Waals surface area contributed by atoms with Crippen LogP contribution < -0.4 is 0 Å². The zero-order valence-corrected chi connectivity index (χ0v) is 18.9. The van der Waals surface area contributed by atoms with Crippen molar-refractivity contribution < 1.29 is 19.1 Å². The van der Waals surface area contributed by atoms with Crippen molar-refractivity contribution in [3.05, 3.63) is 24.3 Å². The zero-order chi connectivity index (χ0) is 21.6. The number of carbonyl (C=O) groups excluding carboxylic acids is 2. The van der Waals surface area contributed by atoms with Gasteiger partial charge in [0, 0.05) is 11.1 Å². The van der Waals surface area contributed by atoms with E-state index in [4.69, 9.17) is 9.47 Å². The highest BCUT2D eigenvalue weighted by Gasteiger charge is 2.37. The highest BCUT2D eigenvalue weighted by atomic mass is 16.5. The molecule has 6 unspecified atom stereocenters. The van der Waals surface area contributed by atoms with E-state index in [-0.39, 0.29) is 24.1 Å². The van der Waals surface area contributed by atoms with Crippen LogP contribution in [-0.4, -0.2) is 24.1 Å². The first-order chi connectivity index (χ1) is 13.7. The molecule has 4 nitrogen and oxygen atoms in total.